The van der Waals surface area contributed by atoms with E-state index in [4.69, 9.17) is 21.4 Å². The molecule has 90 valence electrons. The van der Waals surface area contributed by atoms with Gasteiger partial charge in [-0.25, -0.2) is 0 Å². The summed E-state index contributed by atoms with van der Waals surface area (Å²) in [5.41, 5.74) is 0.829. The third-order valence-corrected chi connectivity index (χ3v) is 4.11. The van der Waals surface area contributed by atoms with Gasteiger partial charge in [0.1, 0.15) is 0 Å². The van der Waals surface area contributed by atoms with Crippen molar-refractivity contribution in [3.05, 3.63) is 33.6 Å². The van der Waals surface area contributed by atoms with Crippen molar-refractivity contribution < 1.29 is 4.52 Å². The molecule has 2 unspecified atom stereocenters. The van der Waals surface area contributed by atoms with Crippen LogP contribution in [0.5, 0.6) is 0 Å². The van der Waals surface area contributed by atoms with Crippen LogP contribution in [0.15, 0.2) is 27.2 Å². The van der Waals surface area contributed by atoms with Crippen molar-refractivity contribution >= 4 is 27.5 Å². The fourth-order valence-electron chi connectivity index (χ4n) is 1.75. The lowest BCUT2D eigenvalue weighted by molar-refractivity contribution is 0.378. The Labute approximate surface area is 117 Å². The molecule has 0 saturated heterocycles. The molecule has 1 aliphatic carbocycles. The molecule has 1 fully saturated rings. The van der Waals surface area contributed by atoms with Crippen molar-refractivity contribution in [3.63, 3.8) is 0 Å². The van der Waals surface area contributed by atoms with Gasteiger partial charge in [0, 0.05) is 10.0 Å². The summed E-state index contributed by atoms with van der Waals surface area (Å²) < 4.78 is 5.97. The molecule has 0 amide bonds. The van der Waals surface area contributed by atoms with Gasteiger partial charge < -0.3 is 4.52 Å². The van der Waals surface area contributed by atoms with Gasteiger partial charge in [0.05, 0.1) is 22.9 Å². The summed E-state index contributed by atoms with van der Waals surface area (Å²) in [6.45, 7) is 0. The van der Waals surface area contributed by atoms with Gasteiger partial charge in [-0.05, 0) is 40.5 Å². The fourth-order valence-corrected chi connectivity index (χ4v) is 2.25. The zero-order valence-electron chi connectivity index (χ0n) is 9.10. The maximum atomic E-state index is 8.77. The van der Waals surface area contributed by atoms with Gasteiger partial charge in [0.15, 0.2) is 0 Å². The molecule has 0 bridgehead atoms. The van der Waals surface area contributed by atoms with Crippen molar-refractivity contribution in [1.29, 1.82) is 5.26 Å². The maximum Gasteiger partial charge on any atom is 0.231 e. The van der Waals surface area contributed by atoms with Gasteiger partial charge in [-0.15, -0.1) is 0 Å². The van der Waals surface area contributed by atoms with Gasteiger partial charge in [0.25, 0.3) is 0 Å². The number of hydrogen-bond donors (Lipinski definition) is 0. The average molecular weight is 325 g/mol. The summed E-state index contributed by atoms with van der Waals surface area (Å²) in [5, 5.41) is 13.3. The Morgan fingerprint density at radius 3 is 3.00 bits per heavy atom. The van der Waals surface area contributed by atoms with Gasteiger partial charge >= 0.3 is 0 Å². The van der Waals surface area contributed by atoms with Gasteiger partial charge in [-0.3, -0.25) is 0 Å². The molecule has 0 spiro atoms. The van der Waals surface area contributed by atoms with E-state index in [0.717, 1.165) is 16.5 Å². The molecular weight excluding hydrogens is 318 g/mol. The number of halogens is 2. The SMILES string of the molecule is N#CC1CC1c1nc(-c2ccc(Cl)c(Br)c2)no1. The van der Waals surface area contributed by atoms with Crippen LogP contribution in [0.2, 0.25) is 5.02 Å². The molecule has 1 heterocycles. The second-order valence-corrected chi connectivity index (χ2v) is 5.42. The molecule has 0 radical (unpaired) electrons. The third-order valence-electron chi connectivity index (χ3n) is 2.89. The average Bonchev–Trinajstić information content (AvgIpc) is 3.01. The second-order valence-electron chi connectivity index (χ2n) is 4.16. The summed E-state index contributed by atoms with van der Waals surface area (Å²) in [6.07, 6.45) is 0.808. The predicted octanol–water partition coefficient (Wildman–Crippen LogP) is 3.78. The molecule has 2 atom stereocenters. The molecule has 18 heavy (non-hydrogen) atoms. The Balaban J connectivity index is 1.89. The largest absolute Gasteiger partial charge is 0.339 e. The van der Waals surface area contributed by atoms with E-state index >= 15 is 0 Å². The van der Waals surface area contributed by atoms with E-state index in [1.807, 2.05) is 12.1 Å². The Morgan fingerprint density at radius 1 is 1.50 bits per heavy atom. The van der Waals surface area contributed by atoms with Gasteiger partial charge in [0.2, 0.25) is 11.7 Å². The zero-order valence-corrected chi connectivity index (χ0v) is 11.4. The van der Waals surface area contributed by atoms with Crippen molar-refractivity contribution in [2.75, 3.05) is 0 Å². The molecule has 0 aliphatic heterocycles. The first-order chi connectivity index (χ1) is 8.69. The van der Waals surface area contributed by atoms with Crippen molar-refractivity contribution in [1.82, 2.24) is 10.1 Å². The normalized spacial score (nSPS) is 21.6. The number of nitriles is 1. The number of hydrogen-bond acceptors (Lipinski definition) is 4. The van der Waals surface area contributed by atoms with Crippen LogP contribution in [-0.4, -0.2) is 10.1 Å². The van der Waals surface area contributed by atoms with Gasteiger partial charge in [-0.2, -0.15) is 10.2 Å². The Hall–Kier alpha value is -1.38. The van der Waals surface area contributed by atoms with Crippen molar-refractivity contribution in [3.8, 4) is 17.5 Å². The van der Waals surface area contributed by atoms with Gasteiger partial charge in [-0.1, -0.05) is 16.8 Å². The first-order valence-electron chi connectivity index (χ1n) is 5.37. The highest BCUT2D eigenvalue weighted by molar-refractivity contribution is 9.10. The van der Waals surface area contributed by atoms with E-state index < -0.39 is 0 Å². The summed E-state index contributed by atoms with van der Waals surface area (Å²) in [4.78, 5) is 4.32. The van der Waals surface area contributed by atoms with E-state index in [1.54, 1.807) is 6.07 Å². The summed E-state index contributed by atoms with van der Waals surface area (Å²) in [5.74, 6) is 1.19. The monoisotopic (exact) mass is 323 g/mol. The first kappa shape index (κ1) is 11.7. The highest BCUT2D eigenvalue weighted by Crippen LogP contribution is 2.46. The van der Waals surface area contributed by atoms with Crippen molar-refractivity contribution in [2.24, 2.45) is 5.92 Å². The summed E-state index contributed by atoms with van der Waals surface area (Å²) >= 11 is 9.28. The Kier molecular flexibility index (Phi) is 2.84. The van der Waals surface area contributed by atoms with Crippen LogP contribution in [0.4, 0.5) is 0 Å². The highest BCUT2D eigenvalue weighted by Gasteiger charge is 2.43. The van der Waals surface area contributed by atoms with Crippen LogP contribution in [0.3, 0.4) is 0 Å². The van der Waals surface area contributed by atoms with Crippen LogP contribution in [-0.2, 0) is 0 Å². The minimum absolute atomic E-state index is 0.0234. The standard InChI is InChI=1S/C12H7BrClN3O/c13-9-4-6(1-2-10(9)14)11-16-12(18-17-11)8-3-7(8)5-15/h1-2,4,7-8H,3H2. The quantitative estimate of drug-likeness (QED) is 0.843. The molecule has 6 heteroatoms. The maximum absolute atomic E-state index is 8.77. The van der Waals surface area contributed by atoms with Crippen LogP contribution in [0, 0.1) is 17.2 Å². The molecule has 1 aromatic carbocycles. The molecular formula is C12H7BrClN3O. The molecule has 1 aliphatic rings. The lowest BCUT2D eigenvalue weighted by atomic mass is 10.2. The molecule has 1 saturated carbocycles. The van der Waals surface area contributed by atoms with Crippen LogP contribution in [0.1, 0.15) is 18.2 Å². The summed E-state index contributed by atoms with van der Waals surface area (Å²) in [7, 11) is 0. The van der Waals surface area contributed by atoms with E-state index in [2.05, 4.69) is 32.1 Å². The number of aromatic nitrogens is 2. The van der Waals surface area contributed by atoms with E-state index in [9.17, 15) is 0 Å². The van der Waals surface area contributed by atoms with Crippen LogP contribution >= 0.6 is 27.5 Å². The smallest absolute Gasteiger partial charge is 0.231 e. The predicted molar refractivity (Wildman–Crippen MR) is 68.9 cm³/mol. The summed E-state index contributed by atoms with van der Waals surface area (Å²) in [6, 6.07) is 7.64. The molecule has 3 rings (SSSR count). The van der Waals surface area contributed by atoms with Crippen LogP contribution in [0.25, 0.3) is 11.4 Å². The molecule has 2 aromatic rings. The topological polar surface area (TPSA) is 62.7 Å². The first-order valence-corrected chi connectivity index (χ1v) is 6.55. The minimum Gasteiger partial charge on any atom is -0.339 e. The number of nitrogens with zero attached hydrogens (tertiary/aromatic N) is 3. The van der Waals surface area contributed by atoms with E-state index in [-0.39, 0.29) is 11.8 Å². The lowest BCUT2D eigenvalue weighted by Gasteiger charge is -1.97. The molecule has 4 nitrogen and oxygen atoms in total. The Morgan fingerprint density at radius 2 is 2.33 bits per heavy atom. The van der Waals surface area contributed by atoms with Crippen molar-refractivity contribution in [2.45, 2.75) is 12.3 Å². The lowest BCUT2D eigenvalue weighted by Crippen LogP contribution is -1.84. The third kappa shape index (κ3) is 2.02. The van der Waals surface area contributed by atoms with E-state index in [0.29, 0.717) is 16.7 Å². The highest BCUT2D eigenvalue weighted by atomic mass is 79.9. The van der Waals surface area contributed by atoms with Crippen LogP contribution < -0.4 is 0 Å². The number of benzene rings is 1. The molecule has 1 aromatic heterocycles. The second kappa shape index (κ2) is 4.38. The fraction of sp³-hybridized carbons (Fsp3) is 0.250. The zero-order chi connectivity index (χ0) is 12.7. The van der Waals surface area contributed by atoms with E-state index in [1.165, 1.54) is 0 Å². The number of rotatable bonds is 2. The molecule has 0 N–H and O–H groups in total. The minimum atomic E-state index is 0.0234. The Bertz CT molecular complexity index is 649.